The van der Waals surface area contributed by atoms with Gasteiger partial charge in [0, 0.05) is 24.5 Å². The Kier molecular flexibility index (Phi) is 3.96. The Balaban J connectivity index is 1.82. The van der Waals surface area contributed by atoms with Crippen molar-refractivity contribution in [1.29, 1.82) is 0 Å². The van der Waals surface area contributed by atoms with E-state index in [1.54, 1.807) is 22.4 Å². The van der Waals surface area contributed by atoms with Crippen LogP contribution in [0.1, 0.15) is 16.6 Å². The Labute approximate surface area is 126 Å². The molecule has 0 spiro atoms. The van der Waals surface area contributed by atoms with Gasteiger partial charge in [-0.05, 0) is 5.56 Å². The molecule has 6 heteroatoms. The minimum atomic E-state index is -0.549. The average Bonchev–Trinajstić information content (AvgIpc) is 3.02. The van der Waals surface area contributed by atoms with Gasteiger partial charge in [-0.25, -0.2) is 4.98 Å². The second kappa shape index (κ2) is 6.05. The van der Waals surface area contributed by atoms with Crippen LogP contribution >= 0.6 is 11.3 Å². The summed E-state index contributed by atoms with van der Waals surface area (Å²) in [4.78, 5) is 30.2. The number of aromatic nitrogens is 1. The molecule has 2 aromatic rings. The van der Waals surface area contributed by atoms with Crippen LogP contribution in [0.3, 0.4) is 0 Å². The summed E-state index contributed by atoms with van der Waals surface area (Å²) in [6.45, 7) is 0.569. The van der Waals surface area contributed by atoms with Crippen LogP contribution in [0.25, 0.3) is 0 Å². The third-order valence-corrected chi connectivity index (χ3v) is 4.30. The average molecular weight is 301 g/mol. The van der Waals surface area contributed by atoms with Crippen molar-refractivity contribution < 1.29 is 9.59 Å². The highest BCUT2D eigenvalue weighted by molar-refractivity contribution is 7.09. The number of rotatable bonds is 4. The van der Waals surface area contributed by atoms with E-state index >= 15 is 0 Å². The number of carbonyl (C=O) groups excluding carboxylic acids is 2. The van der Waals surface area contributed by atoms with Crippen molar-refractivity contribution in [3.05, 3.63) is 52.5 Å². The predicted molar refractivity (Wildman–Crippen MR) is 79.7 cm³/mol. The van der Waals surface area contributed by atoms with Gasteiger partial charge in [0.05, 0.1) is 11.6 Å². The number of benzene rings is 1. The van der Waals surface area contributed by atoms with Crippen molar-refractivity contribution >= 4 is 23.2 Å². The maximum absolute atomic E-state index is 12.2. The molecule has 2 amide bonds. The summed E-state index contributed by atoms with van der Waals surface area (Å²) in [5.74, 6) is -0.181. The summed E-state index contributed by atoms with van der Waals surface area (Å²) in [7, 11) is 0. The van der Waals surface area contributed by atoms with Crippen molar-refractivity contribution in [2.75, 3.05) is 13.1 Å². The maximum Gasteiger partial charge on any atom is 0.247 e. The molecule has 1 aromatic carbocycles. The topological polar surface area (TPSA) is 62.3 Å². The van der Waals surface area contributed by atoms with E-state index < -0.39 is 6.04 Å². The number of hydrogen-bond donors (Lipinski definition) is 1. The first-order chi connectivity index (χ1) is 10.3. The maximum atomic E-state index is 12.2. The monoisotopic (exact) mass is 301 g/mol. The molecule has 1 N–H and O–H groups in total. The number of hydrogen-bond acceptors (Lipinski definition) is 4. The van der Waals surface area contributed by atoms with Crippen LogP contribution in [-0.4, -0.2) is 34.8 Å². The highest BCUT2D eigenvalue weighted by Crippen LogP contribution is 2.24. The van der Waals surface area contributed by atoms with Gasteiger partial charge in [0.2, 0.25) is 11.8 Å². The third-order valence-electron chi connectivity index (χ3n) is 3.46. The van der Waals surface area contributed by atoms with Crippen molar-refractivity contribution in [2.24, 2.45) is 0 Å². The lowest BCUT2D eigenvalue weighted by Crippen LogP contribution is -2.54. The van der Waals surface area contributed by atoms with E-state index in [-0.39, 0.29) is 18.4 Å². The lowest BCUT2D eigenvalue weighted by molar-refractivity contribution is -0.145. The highest BCUT2D eigenvalue weighted by atomic mass is 32.1. The van der Waals surface area contributed by atoms with Crippen LogP contribution in [0.5, 0.6) is 0 Å². The van der Waals surface area contributed by atoms with E-state index in [4.69, 9.17) is 0 Å². The standard InChI is InChI=1S/C15H15N3O2S/c19-13-10-17-15(20)14(11-4-2-1-3-5-11)18(13)8-6-12-16-7-9-21-12/h1-5,7,9,14H,6,8,10H2,(H,17,20). The molecule has 1 aliphatic rings. The van der Waals surface area contributed by atoms with Gasteiger partial charge in [0.25, 0.3) is 0 Å². The zero-order valence-electron chi connectivity index (χ0n) is 11.4. The van der Waals surface area contributed by atoms with Crippen LogP contribution in [0.2, 0.25) is 0 Å². The van der Waals surface area contributed by atoms with Gasteiger partial charge in [0.15, 0.2) is 0 Å². The van der Waals surface area contributed by atoms with Gasteiger partial charge >= 0.3 is 0 Å². The van der Waals surface area contributed by atoms with E-state index in [9.17, 15) is 9.59 Å². The molecule has 108 valence electrons. The zero-order chi connectivity index (χ0) is 14.7. The van der Waals surface area contributed by atoms with E-state index in [2.05, 4.69) is 10.3 Å². The summed E-state index contributed by atoms with van der Waals surface area (Å²) in [5, 5.41) is 5.54. The quantitative estimate of drug-likeness (QED) is 0.928. The van der Waals surface area contributed by atoms with E-state index in [0.717, 1.165) is 10.6 Å². The van der Waals surface area contributed by atoms with E-state index in [1.807, 2.05) is 35.7 Å². The first-order valence-electron chi connectivity index (χ1n) is 6.76. The third kappa shape index (κ3) is 2.95. The van der Waals surface area contributed by atoms with Crippen LogP contribution in [0, 0.1) is 0 Å². The summed E-state index contributed by atoms with van der Waals surface area (Å²) in [5.41, 5.74) is 0.835. The molecular weight excluding hydrogens is 286 g/mol. The molecule has 1 fully saturated rings. The molecule has 0 aliphatic carbocycles. The highest BCUT2D eigenvalue weighted by Gasteiger charge is 2.35. The Morgan fingerprint density at radius 3 is 2.81 bits per heavy atom. The minimum absolute atomic E-state index is 0.0555. The van der Waals surface area contributed by atoms with E-state index in [0.29, 0.717) is 13.0 Å². The molecule has 0 saturated carbocycles. The smallest absolute Gasteiger partial charge is 0.247 e. The molecule has 5 nitrogen and oxygen atoms in total. The van der Waals surface area contributed by atoms with Crippen molar-refractivity contribution in [3.63, 3.8) is 0 Å². The molecule has 1 saturated heterocycles. The largest absolute Gasteiger partial charge is 0.345 e. The fourth-order valence-electron chi connectivity index (χ4n) is 2.46. The van der Waals surface area contributed by atoms with Crippen molar-refractivity contribution in [2.45, 2.75) is 12.5 Å². The summed E-state index contributed by atoms with van der Waals surface area (Å²) < 4.78 is 0. The second-order valence-electron chi connectivity index (χ2n) is 4.79. The number of nitrogens with zero attached hydrogens (tertiary/aromatic N) is 2. The minimum Gasteiger partial charge on any atom is -0.345 e. The van der Waals surface area contributed by atoms with Crippen LogP contribution in [0.15, 0.2) is 41.9 Å². The van der Waals surface area contributed by atoms with Crippen LogP contribution in [-0.2, 0) is 16.0 Å². The van der Waals surface area contributed by atoms with Gasteiger partial charge in [-0.3, -0.25) is 9.59 Å². The molecule has 1 atom stereocenters. The molecular formula is C15H15N3O2S. The van der Waals surface area contributed by atoms with Gasteiger partial charge in [-0.15, -0.1) is 11.3 Å². The van der Waals surface area contributed by atoms with Crippen LogP contribution in [0.4, 0.5) is 0 Å². The van der Waals surface area contributed by atoms with E-state index in [1.165, 1.54) is 0 Å². The predicted octanol–water partition coefficient (Wildman–Crippen LogP) is 1.39. The number of piperazine rings is 1. The number of amides is 2. The van der Waals surface area contributed by atoms with Crippen molar-refractivity contribution in [3.8, 4) is 0 Å². The molecule has 21 heavy (non-hydrogen) atoms. The first kappa shape index (κ1) is 13.8. The number of thiazole rings is 1. The normalized spacial score (nSPS) is 18.7. The second-order valence-corrected chi connectivity index (χ2v) is 5.77. The Morgan fingerprint density at radius 1 is 1.29 bits per heavy atom. The number of nitrogens with one attached hydrogen (secondary N) is 1. The SMILES string of the molecule is O=C1NCC(=O)N(CCc2nccs2)C1c1ccccc1. The first-order valence-corrected chi connectivity index (χ1v) is 7.64. The zero-order valence-corrected chi connectivity index (χ0v) is 12.2. The van der Waals surface area contributed by atoms with Crippen LogP contribution < -0.4 is 5.32 Å². The molecule has 0 bridgehead atoms. The summed E-state index contributed by atoms with van der Waals surface area (Å²) in [6, 6.07) is 8.85. The molecule has 3 rings (SSSR count). The number of carbonyl (C=O) groups is 2. The lowest BCUT2D eigenvalue weighted by Gasteiger charge is -2.35. The molecule has 0 radical (unpaired) electrons. The fourth-order valence-corrected chi connectivity index (χ4v) is 3.07. The van der Waals surface area contributed by atoms with Gasteiger partial charge in [-0.1, -0.05) is 30.3 Å². The molecule has 1 aliphatic heterocycles. The van der Waals surface area contributed by atoms with Gasteiger partial charge < -0.3 is 10.2 Å². The summed E-state index contributed by atoms with van der Waals surface area (Å²) >= 11 is 1.56. The fraction of sp³-hybridized carbons (Fsp3) is 0.267. The molecule has 2 heterocycles. The Bertz CT molecular complexity index is 628. The Morgan fingerprint density at radius 2 is 2.10 bits per heavy atom. The summed E-state index contributed by atoms with van der Waals surface area (Å²) in [6.07, 6.45) is 2.42. The molecule has 1 unspecified atom stereocenters. The van der Waals surface area contributed by atoms with Gasteiger partial charge in [0.1, 0.15) is 6.04 Å². The van der Waals surface area contributed by atoms with Gasteiger partial charge in [-0.2, -0.15) is 0 Å². The Hall–Kier alpha value is -2.21. The lowest BCUT2D eigenvalue weighted by atomic mass is 10.0. The van der Waals surface area contributed by atoms with Crippen molar-refractivity contribution in [1.82, 2.24) is 15.2 Å². The molecule has 1 aromatic heterocycles.